The summed E-state index contributed by atoms with van der Waals surface area (Å²) < 4.78 is 1.63. The Hall–Kier alpha value is -4.07. The second-order valence-corrected chi connectivity index (χ2v) is 11.0. The summed E-state index contributed by atoms with van der Waals surface area (Å²) in [4.78, 5) is 39.8. The maximum atomic E-state index is 13.5. The first-order valence-corrected chi connectivity index (χ1v) is 14.3. The number of pyridine rings is 1. The molecule has 0 spiro atoms. The lowest BCUT2D eigenvalue weighted by molar-refractivity contribution is 0.0951. The highest BCUT2D eigenvalue weighted by atomic mass is 35.5. The number of hydrogen-bond acceptors (Lipinski definition) is 7. The van der Waals surface area contributed by atoms with Gasteiger partial charge in [-0.1, -0.05) is 35.7 Å². The van der Waals surface area contributed by atoms with Crippen molar-refractivity contribution in [2.45, 2.75) is 19.1 Å². The Morgan fingerprint density at radius 3 is 2.57 bits per heavy atom. The van der Waals surface area contributed by atoms with Gasteiger partial charge in [-0.25, -0.2) is 4.98 Å². The molecule has 42 heavy (non-hydrogen) atoms. The molecule has 2 aromatic carbocycles. The molecule has 1 fully saturated rings. The molecule has 4 aromatic rings. The molecule has 0 aliphatic carbocycles. The Kier molecular flexibility index (Phi) is 9.30. The summed E-state index contributed by atoms with van der Waals surface area (Å²) in [6, 6.07) is 14.1. The number of terminal acetylenes is 1. The van der Waals surface area contributed by atoms with Crippen LogP contribution in [0, 0.1) is 12.3 Å². The fraction of sp³-hybridized carbons (Fsp3) is 0.312. The number of halogens is 1. The average molecular weight is 584 g/mol. The minimum Gasteiger partial charge on any atom is -0.348 e. The third kappa shape index (κ3) is 6.69. The first-order chi connectivity index (χ1) is 20.3. The van der Waals surface area contributed by atoms with Gasteiger partial charge >= 0.3 is 0 Å². The standard InChI is InChI=1S/C32H34ClN7O2/c1-4-11-35-30(23-7-9-24(10-8-23)31(41)36-20-22-6-5-12-34-19-22)25-17-26-28(18-27(25)33)37-29(39(3)32(26)42)21-40-15-13-38(2)14-16-40/h1,5-10,12,17-19,30,35H,11,13-16,20-21H2,2-3H3,(H,36,41). The van der Waals surface area contributed by atoms with E-state index in [-0.39, 0.29) is 18.0 Å². The van der Waals surface area contributed by atoms with Crippen LogP contribution in [0.25, 0.3) is 10.9 Å². The first-order valence-electron chi connectivity index (χ1n) is 13.9. The molecule has 10 heteroatoms. The Labute approximate surface area is 250 Å². The zero-order valence-corrected chi connectivity index (χ0v) is 24.6. The van der Waals surface area contributed by atoms with Crippen molar-refractivity contribution in [1.82, 2.24) is 35.0 Å². The van der Waals surface area contributed by atoms with Crippen LogP contribution in [0.3, 0.4) is 0 Å². The zero-order chi connectivity index (χ0) is 29.6. The topological polar surface area (TPSA) is 95.4 Å². The summed E-state index contributed by atoms with van der Waals surface area (Å²) in [6.07, 6.45) is 8.99. The SMILES string of the molecule is C#CCNC(c1ccc(C(=O)NCc2cccnc2)cc1)c1cc2c(=O)n(C)c(CN3CCN(C)CC3)nc2cc1Cl. The van der Waals surface area contributed by atoms with Gasteiger partial charge in [0, 0.05) is 62.8 Å². The molecule has 0 bridgehead atoms. The molecular weight excluding hydrogens is 550 g/mol. The molecule has 216 valence electrons. The maximum absolute atomic E-state index is 13.5. The van der Waals surface area contributed by atoms with Crippen molar-refractivity contribution >= 4 is 28.4 Å². The Balaban J connectivity index is 1.41. The van der Waals surface area contributed by atoms with E-state index in [9.17, 15) is 9.59 Å². The molecule has 3 heterocycles. The summed E-state index contributed by atoms with van der Waals surface area (Å²) >= 11 is 6.83. The van der Waals surface area contributed by atoms with Gasteiger partial charge in [0.15, 0.2) is 0 Å². The average Bonchev–Trinajstić information content (AvgIpc) is 3.01. The van der Waals surface area contributed by atoms with Gasteiger partial charge in [0.05, 0.1) is 30.0 Å². The van der Waals surface area contributed by atoms with Gasteiger partial charge in [-0.2, -0.15) is 0 Å². The van der Waals surface area contributed by atoms with Crippen molar-refractivity contribution < 1.29 is 4.79 Å². The van der Waals surface area contributed by atoms with Gasteiger partial charge in [0.1, 0.15) is 5.82 Å². The molecule has 0 saturated carbocycles. The molecular formula is C32H34ClN7O2. The highest BCUT2D eigenvalue weighted by Gasteiger charge is 2.21. The largest absolute Gasteiger partial charge is 0.348 e. The molecule has 2 N–H and O–H groups in total. The molecule has 1 atom stereocenters. The van der Waals surface area contributed by atoms with Crippen LogP contribution in [0.1, 0.15) is 38.9 Å². The predicted molar refractivity (Wildman–Crippen MR) is 165 cm³/mol. The fourth-order valence-corrected chi connectivity index (χ4v) is 5.37. The van der Waals surface area contributed by atoms with Crippen molar-refractivity contribution in [3.63, 3.8) is 0 Å². The van der Waals surface area contributed by atoms with Crippen LogP contribution in [0.15, 0.2) is 65.7 Å². The minimum atomic E-state index is -0.403. The van der Waals surface area contributed by atoms with Crippen molar-refractivity contribution in [3.05, 3.63) is 104 Å². The quantitative estimate of drug-likeness (QED) is 0.293. The van der Waals surface area contributed by atoms with Gasteiger partial charge in [-0.15, -0.1) is 6.42 Å². The zero-order valence-electron chi connectivity index (χ0n) is 23.8. The number of carbonyl (C=O) groups is 1. The number of rotatable bonds is 9. The lowest BCUT2D eigenvalue weighted by Gasteiger charge is -2.32. The normalized spacial score (nSPS) is 14.9. The van der Waals surface area contributed by atoms with Crippen LogP contribution < -0.4 is 16.2 Å². The second-order valence-electron chi connectivity index (χ2n) is 10.5. The van der Waals surface area contributed by atoms with Crippen molar-refractivity contribution in [2.24, 2.45) is 7.05 Å². The number of aromatic nitrogens is 3. The van der Waals surface area contributed by atoms with Gasteiger partial charge in [0.25, 0.3) is 11.5 Å². The van der Waals surface area contributed by atoms with E-state index in [2.05, 4.69) is 38.4 Å². The van der Waals surface area contributed by atoms with E-state index in [1.165, 1.54) is 0 Å². The van der Waals surface area contributed by atoms with Crippen LogP contribution in [0.4, 0.5) is 0 Å². The fourth-order valence-electron chi connectivity index (χ4n) is 5.11. The van der Waals surface area contributed by atoms with Gasteiger partial charge in [0.2, 0.25) is 0 Å². The van der Waals surface area contributed by atoms with E-state index >= 15 is 0 Å². The van der Waals surface area contributed by atoms with Crippen molar-refractivity contribution in [3.8, 4) is 12.3 Å². The molecule has 9 nitrogen and oxygen atoms in total. The molecule has 1 amide bonds. The smallest absolute Gasteiger partial charge is 0.261 e. The molecule has 1 aliphatic rings. The van der Waals surface area contributed by atoms with Crippen LogP contribution in [-0.4, -0.2) is 70.0 Å². The molecule has 2 aromatic heterocycles. The summed E-state index contributed by atoms with van der Waals surface area (Å²) in [7, 11) is 3.88. The van der Waals surface area contributed by atoms with E-state index in [4.69, 9.17) is 23.0 Å². The third-order valence-corrected chi connectivity index (χ3v) is 7.98. The van der Waals surface area contributed by atoms with Gasteiger partial charge in [-0.05, 0) is 54.1 Å². The first kappa shape index (κ1) is 29.4. The highest BCUT2D eigenvalue weighted by molar-refractivity contribution is 6.32. The van der Waals surface area contributed by atoms with E-state index in [0.29, 0.717) is 46.0 Å². The van der Waals surface area contributed by atoms with Crippen LogP contribution in [0.5, 0.6) is 0 Å². The Morgan fingerprint density at radius 2 is 1.88 bits per heavy atom. The monoisotopic (exact) mass is 583 g/mol. The summed E-state index contributed by atoms with van der Waals surface area (Å²) in [5, 5.41) is 7.21. The van der Waals surface area contributed by atoms with E-state index < -0.39 is 6.04 Å². The number of amides is 1. The van der Waals surface area contributed by atoms with Crippen molar-refractivity contribution in [1.29, 1.82) is 0 Å². The summed E-state index contributed by atoms with van der Waals surface area (Å²) in [5.74, 6) is 3.13. The molecule has 5 rings (SSSR count). The van der Waals surface area contributed by atoms with E-state index in [0.717, 1.165) is 37.3 Å². The number of carbonyl (C=O) groups excluding carboxylic acids is 1. The maximum Gasteiger partial charge on any atom is 0.261 e. The molecule has 1 saturated heterocycles. The number of piperazine rings is 1. The molecule has 0 radical (unpaired) electrons. The van der Waals surface area contributed by atoms with Crippen LogP contribution >= 0.6 is 11.6 Å². The Bertz CT molecular complexity index is 1660. The van der Waals surface area contributed by atoms with Crippen LogP contribution in [-0.2, 0) is 20.1 Å². The number of nitrogens with one attached hydrogen (secondary N) is 2. The number of likely N-dealkylation sites (N-methyl/N-ethyl adjacent to an activating group) is 1. The molecule has 1 unspecified atom stereocenters. The number of hydrogen-bond donors (Lipinski definition) is 2. The number of benzene rings is 2. The van der Waals surface area contributed by atoms with Crippen molar-refractivity contribution in [2.75, 3.05) is 39.8 Å². The van der Waals surface area contributed by atoms with E-state index in [1.807, 2.05) is 24.3 Å². The molecule has 1 aliphatic heterocycles. The number of nitrogens with zero attached hydrogens (tertiary/aromatic N) is 5. The summed E-state index contributed by atoms with van der Waals surface area (Å²) in [6.45, 7) is 5.10. The summed E-state index contributed by atoms with van der Waals surface area (Å²) in [5.41, 5.74) is 3.43. The highest BCUT2D eigenvalue weighted by Crippen LogP contribution is 2.31. The van der Waals surface area contributed by atoms with Crippen LogP contribution in [0.2, 0.25) is 5.02 Å². The lowest BCUT2D eigenvalue weighted by Crippen LogP contribution is -2.44. The minimum absolute atomic E-state index is 0.127. The number of fused-ring (bicyclic) bond motifs is 1. The third-order valence-electron chi connectivity index (χ3n) is 7.65. The van der Waals surface area contributed by atoms with Gasteiger partial charge < -0.3 is 10.2 Å². The predicted octanol–water partition coefficient (Wildman–Crippen LogP) is 2.97. The van der Waals surface area contributed by atoms with E-state index in [1.54, 1.807) is 48.3 Å². The lowest BCUT2D eigenvalue weighted by atomic mass is 9.96. The van der Waals surface area contributed by atoms with Gasteiger partial charge in [-0.3, -0.25) is 29.4 Å². The Morgan fingerprint density at radius 1 is 1.12 bits per heavy atom. The second kappa shape index (κ2) is 13.3.